The highest BCUT2D eigenvalue weighted by Crippen LogP contribution is 2.13. The molecule has 0 unspecified atom stereocenters. The third kappa shape index (κ3) is 4.98. The number of amides is 1. The Hall–Kier alpha value is -3.03. The van der Waals surface area contributed by atoms with Crippen molar-refractivity contribution in [2.45, 2.75) is 45.6 Å². The number of nitrogens with zero attached hydrogens (tertiary/aromatic N) is 2. The number of carboxylic acids is 1. The fourth-order valence-corrected chi connectivity index (χ4v) is 2.54. The van der Waals surface area contributed by atoms with E-state index in [-0.39, 0.29) is 12.0 Å². The number of unbranched alkanes of at least 4 members (excludes halogenated alkanes) is 1. The fourth-order valence-electron chi connectivity index (χ4n) is 2.54. The summed E-state index contributed by atoms with van der Waals surface area (Å²) in [6.45, 7) is 3.59. The summed E-state index contributed by atoms with van der Waals surface area (Å²) in [5, 5.41) is 11.7. The molecule has 1 amide bonds. The third-order valence-electron chi connectivity index (χ3n) is 3.99. The summed E-state index contributed by atoms with van der Waals surface area (Å²) in [4.78, 5) is 46.7. The van der Waals surface area contributed by atoms with E-state index in [1.807, 2.05) is 6.92 Å². The van der Waals surface area contributed by atoms with Gasteiger partial charge in [0, 0.05) is 29.2 Å². The van der Waals surface area contributed by atoms with Gasteiger partial charge in [0.2, 0.25) is 5.91 Å². The number of pyridine rings is 1. The predicted molar refractivity (Wildman–Crippen MR) is 95.6 cm³/mol. The lowest BCUT2D eigenvalue weighted by Crippen LogP contribution is -2.42. The van der Waals surface area contributed by atoms with Gasteiger partial charge in [0.05, 0.1) is 6.42 Å². The number of carbonyl (C=O) groups excluding carboxylic acids is 1. The van der Waals surface area contributed by atoms with Crippen molar-refractivity contribution in [3.05, 3.63) is 46.1 Å². The van der Waals surface area contributed by atoms with Crippen molar-refractivity contribution in [1.82, 2.24) is 20.3 Å². The normalized spacial score (nSPS) is 11.8. The van der Waals surface area contributed by atoms with Crippen LogP contribution in [0.1, 0.15) is 37.4 Å². The van der Waals surface area contributed by atoms with Crippen molar-refractivity contribution >= 4 is 11.9 Å². The minimum Gasteiger partial charge on any atom is -0.480 e. The molecule has 0 aliphatic rings. The van der Waals surface area contributed by atoms with Gasteiger partial charge in [-0.2, -0.15) is 0 Å². The lowest BCUT2D eigenvalue weighted by Gasteiger charge is -2.14. The Kier molecular flexibility index (Phi) is 6.60. The molecule has 2 aromatic rings. The van der Waals surface area contributed by atoms with E-state index >= 15 is 0 Å². The first kappa shape index (κ1) is 19.3. The zero-order chi connectivity index (χ0) is 19.1. The average Bonchev–Trinajstić information content (AvgIpc) is 2.62. The van der Waals surface area contributed by atoms with Gasteiger partial charge in [-0.25, -0.2) is 9.78 Å². The van der Waals surface area contributed by atoms with Gasteiger partial charge in [0.15, 0.2) is 0 Å². The predicted octanol–water partition coefficient (Wildman–Crippen LogP) is 1.44. The number of aromatic nitrogens is 3. The Morgan fingerprint density at radius 2 is 2.00 bits per heavy atom. The lowest BCUT2D eigenvalue weighted by molar-refractivity contribution is -0.142. The monoisotopic (exact) mass is 358 g/mol. The molecule has 2 aromatic heterocycles. The molecule has 0 bridgehead atoms. The fraction of sp³-hybridized carbons (Fsp3) is 0.389. The summed E-state index contributed by atoms with van der Waals surface area (Å²) in [6.07, 6.45) is 4.84. The summed E-state index contributed by atoms with van der Waals surface area (Å²) < 4.78 is 0. The number of aliphatic carboxylic acids is 1. The maximum absolute atomic E-state index is 12.4. The topological polar surface area (TPSA) is 125 Å². The first-order valence-corrected chi connectivity index (χ1v) is 8.44. The molecule has 0 saturated heterocycles. The maximum atomic E-state index is 12.4. The van der Waals surface area contributed by atoms with Crippen molar-refractivity contribution in [1.29, 1.82) is 0 Å². The molecule has 0 saturated carbocycles. The Labute approximate surface area is 150 Å². The van der Waals surface area contributed by atoms with Gasteiger partial charge in [0.1, 0.15) is 11.9 Å². The quantitative estimate of drug-likeness (QED) is 0.656. The SMILES string of the molecule is CCCC[C@H](NC(=O)Cc1c(C)nc(-c2ccncc2)[nH]c1=O)C(=O)O. The van der Waals surface area contributed by atoms with Gasteiger partial charge in [-0.3, -0.25) is 14.6 Å². The summed E-state index contributed by atoms with van der Waals surface area (Å²) in [5.74, 6) is -1.20. The number of hydrogen-bond donors (Lipinski definition) is 3. The number of hydrogen-bond acceptors (Lipinski definition) is 5. The van der Waals surface area contributed by atoms with Crippen molar-refractivity contribution in [2.24, 2.45) is 0 Å². The summed E-state index contributed by atoms with van der Waals surface area (Å²) in [6, 6.07) is 2.48. The van der Waals surface area contributed by atoms with Crippen LogP contribution in [0, 0.1) is 6.92 Å². The zero-order valence-electron chi connectivity index (χ0n) is 14.8. The van der Waals surface area contributed by atoms with E-state index in [1.54, 1.807) is 31.5 Å². The largest absolute Gasteiger partial charge is 0.480 e. The van der Waals surface area contributed by atoms with Crippen LogP contribution in [0.15, 0.2) is 29.3 Å². The van der Waals surface area contributed by atoms with E-state index in [4.69, 9.17) is 0 Å². The minimum absolute atomic E-state index is 0.222. The summed E-state index contributed by atoms with van der Waals surface area (Å²) in [7, 11) is 0. The molecule has 3 N–H and O–H groups in total. The molecule has 0 fully saturated rings. The Balaban J connectivity index is 2.15. The van der Waals surface area contributed by atoms with Crippen LogP contribution in [0.3, 0.4) is 0 Å². The molecule has 2 rings (SSSR count). The van der Waals surface area contributed by atoms with Crippen molar-refractivity contribution in [3.8, 4) is 11.4 Å². The van der Waals surface area contributed by atoms with Gasteiger partial charge in [-0.1, -0.05) is 19.8 Å². The highest BCUT2D eigenvalue weighted by atomic mass is 16.4. The second-order valence-corrected chi connectivity index (χ2v) is 5.99. The van der Waals surface area contributed by atoms with Crippen LogP contribution in [0.25, 0.3) is 11.4 Å². The molecule has 138 valence electrons. The lowest BCUT2D eigenvalue weighted by atomic mass is 10.1. The van der Waals surface area contributed by atoms with Crippen LogP contribution in [0.4, 0.5) is 0 Å². The summed E-state index contributed by atoms with van der Waals surface area (Å²) >= 11 is 0. The van der Waals surface area contributed by atoms with Gasteiger partial charge in [-0.05, 0) is 25.5 Å². The number of aryl methyl sites for hydroxylation is 1. The number of rotatable bonds is 8. The Bertz CT molecular complexity index is 833. The second kappa shape index (κ2) is 8.89. The molecule has 8 heteroatoms. The third-order valence-corrected chi connectivity index (χ3v) is 3.99. The van der Waals surface area contributed by atoms with Gasteiger partial charge >= 0.3 is 5.97 Å². The van der Waals surface area contributed by atoms with Crippen LogP contribution in [-0.4, -0.2) is 38.0 Å². The van der Waals surface area contributed by atoms with Crippen LogP contribution >= 0.6 is 0 Å². The van der Waals surface area contributed by atoms with Crippen LogP contribution in [0.5, 0.6) is 0 Å². The van der Waals surface area contributed by atoms with Gasteiger partial charge in [-0.15, -0.1) is 0 Å². The zero-order valence-corrected chi connectivity index (χ0v) is 14.8. The number of aromatic amines is 1. The average molecular weight is 358 g/mol. The molecular formula is C18H22N4O4. The molecule has 26 heavy (non-hydrogen) atoms. The van der Waals surface area contributed by atoms with Crippen LogP contribution in [-0.2, 0) is 16.0 Å². The molecule has 0 aromatic carbocycles. The standard InChI is InChI=1S/C18H22N4O4/c1-3-4-5-14(18(25)26)21-15(23)10-13-11(2)20-16(22-17(13)24)12-6-8-19-9-7-12/h6-9,14H,3-5,10H2,1-2H3,(H,21,23)(H,25,26)(H,20,22,24)/t14-/m0/s1. The van der Waals surface area contributed by atoms with Crippen molar-refractivity contribution in [3.63, 3.8) is 0 Å². The Morgan fingerprint density at radius 1 is 1.31 bits per heavy atom. The van der Waals surface area contributed by atoms with E-state index in [0.717, 1.165) is 6.42 Å². The maximum Gasteiger partial charge on any atom is 0.326 e. The highest BCUT2D eigenvalue weighted by Gasteiger charge is 2.21. The molecule has 0 aliphatic carbocycles. The van der Waals surface area contributed by atoms with Gasteiger partial charge in [0.25, 0.3) is 5.56 Å². The molecule has 0 radical (unpaired) electrons. The van der Waals surface area contributed by atoms with E-state index in [1.165, 1.54) is 0 Å². The molecule has 1 atom stereocenters. The van der Waals surface area contributed by atoms with Crippen molar-refractivity contribution < 1.29 is 14.7 Å². The number of nitrogens with one attached hydrogen (secondary N) is 2. The first-order chi connectivity index (χ1) is 12.4. The highest BCUT2D eigenvalue weighted by molar-refractivity contribution is 5.84. The van der Waals surface area contributed by atoms with Crippen LogP contribution in [0.2, 0.25) is 0 Å². The van der Waals surface area contributed by atoms with E-state index in [0.29, 0.717) is 29.9 Å². The molecular weight excluding hydrogens is 336 g/mol. The number of carboxylic acid groups (broad SMARTS) is 1. The minimum atomic E-state index is -1.08. The molecule has 0 spiro atoms. The van der Waals surface area contributed by atoms with E-state index in [9.17, 15) is 19.5 Å². The van der Waals surface area contributed by atoms with E-state index in [2.05, 4.69) is 20.3 Å². The van der Waals surface area contributed by atoms with E-state index < -0.39 is 23.5 Å². The number of carbonyl (C=O) groups is 2. The summed E-state index contributed by atoms with van der Waals surface area (Å²) in [5.41, 5.74) is 0.942. The van der Waals surface area contributed by atoms with Gasteiger partial charge < -0.3 is 15.4 Å². The molecule has 8 nitrogen and oxygen atoms in total. The first-order valence-electron chi connectivity index (χ1n) is 8.44. The second-order valence-electron chi connectivity index (χ2n) is 5.99. The Morgan fingerprint density at radius 3 is 2.58 bits per heavy atom. The molecule has 0 aliphatic heterocycles. The number of H-pyrrole nitrogens is 1. The smallest absolute Gasteiger partial charge is 0.326 e. The van der Waals surface area contributed by atoms with Crippen LogP contribution < -0.4 is 10.9 Å². The van der Waals surface area contributed by atoms with Crippen molar-refractivity contribution in [2.75, 3.05) is 0 Å². The molecule has 2 heterocycles.